The lowest BCUT2D eigenvalue weighted by molar-refractivity contribution is -0.185. The summed E-state index contributed by atoms with van der Waals surface area (Å²) in [7, 11) is 0. The number of benzene rings is 1. The van der Waals surface area contributed by atoms with E-state index in [1.807, 2.05) is 25.1 Å². The molecule has 23 heavy (non-hydrogen) atoms. The van der Waals surface area contributed by atoms with Crippen LogP contribution in [0.1, 0.15) is 36.8 Å². The third-order valence-corrected chi connectivity index (χ3v) is 4.61. The normalized spacial score (nSPS) is 21.6. The molecule has 0 saturated heterocycles. The van der Waals surface area contributed by atoms with Gasteiger partial charge in [-0.05, 0) is 55.4 Å². The predicted octanol–water partition coefficient (Wildman–Crippen LogP) is 3.53. The molecular weight excluding hydrogens is 307 g/mol. The Morgan fingerprint density at radius 1 is 1.35 bits per heavy atom. The van der Waals surface area contributed by atoms with Crippen molar-refractivity contribution in [3.8, 4) is 5.75 Å². The van der Waals surface area contributed by atoms with Crippen LogP contribution in [-0.4, -0.2) is 36.7 Å². The number of hydrogen-bond acceptors (Lipinski definition) is 2. The molecule has 1 aromatic rings. The smallest absolute Gasteiger partial charge is 0.471 e. The van der Waals surface area contributed by atoms with Crippen molar-refractivity contribution >= 4 is 5.91 Å². The molecule has 1 saturated carbocycles. The highest BCUT2D eigenvalue weighted by Gasteiger charge is 2.45. The van der Waals surface area contributed by atoms with Crippen LogP contribution in [0.2, 0.25) is 0 Å². The Labute approximate surface area is 133 Å². The summed E-state index contributed by atoms with van der Waals surface area (Å²) < 4.78 is 43.9. The molecule has 1 aromatic carbocycles. The van der Waals surface area contributed by atoms with Crippen molar-refractivity contribution in [3.63, 3.8) is 0 Å². The summed E-state index contributed by atoms with van der Waals surface area (Å²) in [5.74, 6) is -0.611. The average molecular weight is 327 g/mol. The molecule has 0 spiro atoms. The van der Waals surface area contributed by atoms with Gasteiger partial charge in [-0.25, -0.2) is 0 Å². The van der Waals surface area contributed by atoms with Gasteiger partial charge in [-0.15, -0.1) is 0 Å². The number of halogens is 3. The van der Waals surface area contributed by atoms with Gasteiger partial charge < -0.3 is 9.64 Å². The first-order valence-corrected chi connectivity index (χ1v) is 8.02. The van der Waals surface area contributed by atoms with Gasteiger partial charge >= 0.3 is 12.1 Å². The van der Waals surface area contributed by atoms with E-state index in [4.69, 9.17) is 4.74 Å². The highest BCUT2D eigenvalue weighted by molar-refractivity contribution is 5.82. The number of hydrogen-bond donors (Lipinski definition) is 0. The van der Waals surface area contributed by atoms with Gasteiger partial charge in [0.25, 0.3) is 0 Å². The van der Waals surface area contributed by atoms with E-state index in [9.17, 15) is 18.0 Å². The topological polar surface area (TPSA) is 29.5 Å². The molecule has 0 bridgehead atoms. The van der Waals surface area contributed by atoms with Gasteiger partial charge in [-0.3, -0.25) is 4.79 Å². The van der Waals surface area contributed by atoms with Crippen molar-refractivity contribution in [2.45, 2.75) is 38.3 Å². The molecular formula is C17H20F3NO2. The minimum absolute atomic E-state index is 0.00511. The second-order valence-corrected chi connectivity index (χ2v) is 6.24. The Kier molecular flexibility index (Phi) is 4.25. The van der Waals surface area contributed by atoms with Crippen molar-refractivity contribution < 1.29 is 22.7 Å². The summed E-state index contributed by atoms with van der Waals surface area (Å²) in [6, 6.07) is 5.75. The molecule has 2 aliphatic rings. The zero-order valence-corrected chi connectivity index (χ0v) is 13.0. The molecule has 1 atom stereocenters. The number of carbonyl (C=O) groups is 1. The Hall–Kier alpha value is -1.72. The van der Waals surface area contributed by atoms with E-state index in [0.717, 1.165) is 34.6 Å². The average Bonchev–Trinajstić information content (AvgIpc) is 3.31. The molecule has 1 heterocycles. The highest BCUT2D eigenvalue weighted by Crippen LogP contribution is 2.45. The molecule has 0 aromatic heterocycles. The maximum atomic E-state index is 12.8. The molecule has 1 amide bonds. The van der Waals surface area contributed by atoms with Crippen LogP contribution >= 0.6 is 0 Å². The van der Waals surface area contributed by atoms with Crippen LogP contribution in [0.15, 0.2) is 18.2 Å². The molecule has 3 rings (SSSR count). The minimum atomic E-state index is -4.80. The van der Waals surface area contributed by atoms with Crippen molar-refractivity contribution in [2.75, 3.05) is 19.7 Å². The van der Waals surface area contributed by atoms with Gasteiger partial charge in [-0.1, -0.05) is 6.07 Å². The standard InChI is InChI=1S/C17H20F3NO2/c1-2-23-13-5-6-14-12(9-13)7-8-21(16(22)17(18,19)20)10-15(14)11-3-4-11/h5-6,9,11,15H,2-4,7-8,10H2,1H3. The zero-order valence-electron chi connectivity index (χ0n) is 13.0. The van der Waals surface area contributed by atoms with E-state index < -0.39 is 12.1 Å². The number of alkyl halides is 3. The maximum Gasteiger partial charge on any atom is 0.471 e. The van der Waals surface area contributed by atoms with E-state index in [0.29, 0.717) is 18.9 Å². The number of carbonyl (C=O) groups excluding carboxylic acids is 1. The second kappa shape index (κ2) is 6.06. The van der Waals surface area contributed by atoms with Gasteiger partial charge in [0.2, 0.25) is 0 Å². The minimum Gasteiger partial charge on any atom is -0.494 e. The predicted molar refractivity (Wildman–Crippen MR) is 79.4 cm³/mol. The fourth-order valence-corrected chi connectivity index (χ4v) is 3.36. The monoisotopic (exact) mass is 327 g/mol. The van der Waals surface area contributed by atoms with Crippen LogP contribution < -0.4 is 4.74 Å². The summed E-state index contributed by atoms with van der Waals surface area (Å²) in [5, 5.41) is 0. The highest BCUT2D eigenvalue weighted by atomic mass is 19.4. The molecule has 6 heteroatoms. The number of ether oxygens (including phenoxy) is 1. The first-order valence-electron chi connectivity index (χ1n) is 8.02. The summed E-state index contributed by atoms with van der Waals surface area (Å²) in [4.78, 5) is 12.6. The van der Waals surface area contributed by atoms with E-state index >= 15 is 0 Å². The van der Waals surface area contributed by atoms with Crippen LogP contribution in [0.25, 0.3) is 0 Å². The summed E-state index contributed by atoms with van der Waals surface area (Å²) in [6.45, 7) is 2.69. The molecule has 1 unspecified atom stereocenters. The lowest BCUT2D eigenvalue weighted by Gasteiger charge is -2.26. The van der Waals surface area contributed by atoms with Gasteiger partial charge in [0.15, 0.2) is 0 Å². The Morgan fingerprint density at radius 3 is 2.70 bits per heavy atom. The molecule has 3 nitrogen and oxygen atoms in total. The second-order valence-electron chi connectivity index (χ2n) is 6.24. The van der Waals surface area contributed by atoms with E-state index in [1.165, 1.54) is 0 Å². The first-order chi connectivity index (χ1) is 10.9. The maximum absolute atomic E-state index is 12.8. The van der Waals surface area contributed by atoms with E-state index in [2.05, 4.69) is 0 Å². The molecule has 1 aliphatic heterocycles. The number of amides is 1. The molecule has 1 aliphatic carbocycles. The lowest BCUT2D eigenvalue weighted by atomic mass is 9.90. The van der Waals surface area contributed by atoms with Crippen molar-refractivity contribution in [2.24, 2.45) is 5.92 Å². The van der Waals surface area contributed by atoms with Crippen LogP contribution in [-0.2, 0) is 11.2 Å². The third kappa shape index (κ3) is 3.46. The zero-order chi connectivity index (χ0) is 16.6. The molecule has 1 fully saturated rings. The van der Waals surface area contributed by atoms with Crippen molar-refractivity contribution in [1.29, 1.82) is 0 Å². The Balaban J connectivity index is 1.89. The quantitative estimate of drug-likeness (QED) is 0.850. The number of rotatable bonds is 3. The van der Waals surface area contributed by atoms with Crippen LogP contribution in [0.4, 0.5) is 13.2 Å². The molecule has 126 valence electrons. The van der Waals surface area contributed by atoms with E-state index in [-0.39, 0.29) is 19.0 Å². The molecule has 0 radical (unpaired) electrons. The summed E-state index contributed by atoms with van der Waals surface area (Å²) in [5.41, 5.74) is 2.08. The summed E-state index contributed by atoms with van der Waals surface area (Å²) >= 11 is 0. The van der Waals surface area contributed by atoms with Crippen molar-refractivity contribution in [3.05, 3.63) is 29.3 Å². The van der Waals surface area contributed by atoms with Gasteiger partial charge in [0.1, 0.15) is 5.75 Å². The van der Waals surface area contributed by atoms with Gasteiger partial charge in [-0.2, -0.15) is 13.2 Å². The van der Waals surface area contributed by atoms with Crippen LogP contribution in [0.3, 0.4) is 0 Å². The molecule has 0 N–H and O–H groups in total. The third-order valence-electron chi connectivity index (χ3n) is 4.61. The van der Waals surface area contributed by atoms with E-state index in [1.54, 1.807) is 0 Å². The van der Waals surface area contributed by atoms with Crippen molar-refractivity contribution in [1.82, 2.24) is 4.90 Å². The summed E-state index contributed by atoms with van der Waals surface area (Å²) in [6.07, 6.45) is -2.33. The number of fused-ring (bicyclic) bond motifs is 1. The van der Waals surface area contributed by atoms with Gasteiger partial charge in [0, 0.05) is 19.0 Å². The fourth-order valence-electron chi connectivity index (χ4n) is 3.36. The first kappa shape index (κ1) is 16.1. The number of nitrogens with zero attached hydrogens (tertiary/aromatic N) is 1. The van der Waals surface area contributed by atoms with Crippen LogP contribution in [0.5, 0.6) is 5.75 Å². The fraction of sp³-hybridized carbons (Fsp3) is 0.588. The Morgan fingerprint density at radius 2 is 2.09 bits per heavy atom. The van der Waals surface area contributed by atoms with Crippen LogP contribution in [0, 0.1) is 5.92 Å². The SMILES string of the molecule is CCOc1ccc2c(c1)CCN(C(=O)C(F)(F)F)CC2C1CC1. The largest absolute Gasteiger partial charge is 0.494 e. The van der Waals surface area contributed by atoms with Gasteiger partial charge in [0.05, 0.1) is 6.61 Å². The Bertz CT molecular complexity index is 596. The lowest BCUT2D eigenvalue weighted by Crippen LogP contribution is -2.43.